The lowest BCUT2D eigenvalue weighted by atomic mass is 10.1. The van der Waals surface area contributed by atoms with Gasteiger partial charge in [-0.15, -0.1) is 0 Å². The molecule has 11 heteroatoms. The van der Waals surface area contributed by atoms with E-state index in [0.717, 1.165) is 17.8 Å². The molecule has 0 aliphatic carbocycles. The molecule has 31 heavy (non-hydrogen) atoms. The predicted molar refractivity (Wildman–Crippen MR) is 110 cm³/mol. The number of carbonyl (C=O) groups excluding carboxylic acids is 2. The van der Waals surface area contributed by atoms with Gasteiger partial charge in [-0.05, 0) is 25.1 Å². The van der Waals surface area contributed by atoms with Crippen molar-refractivity contribution >= 4 is 33.3 Å². The van der Waals surface area contributed by atoms with Gasteiger partial charge < -0.3 is 0 Å². The summed E-state index contributed by atoms with van der Waals surface area (Å²) in [5.74, 6) is -2.94. The molecule has 0 saturated carbocycles. The summed E-state index contributed by atoms with van der Waals surface area (Å²) in [7, 11) is -4.18. The molecule has 0 fully saturated rings. The first kappa shape index (κ1) is 22.3. The van der Waals surface area contributed by atoms with Crippen LogP contribution in [0.1, 0.15) is 32.0 Å². The van der Waals surface area contributed by atoms with E-state index in [4.69, 9.17) is 11.6 Å². The highest BCUT2D eigenvalue weighted by Crippen LogP contribution is 2.19. The number of aromatic nitrogens is 2. The topological polar surface area (TPSA) is 118 Å². The Hall–Kier alpha value is -3.37. The van der Waals surface area contributed by atoms with Gasteiger partial charge >= 0.3 is 0 Å². The third-order valence-electron chi connectivity index (χ3n) is 4.12. The number of sulfone groups is 1. The Morgan fingerprint density at radius 3 is 2.35 bits per heavy atom. The highest BCUT2D eigenvalue weighted by Gasteiger charge is 2.24. The zero-order chi connectivity index (χ0) is 22.6. The minimum absolute atomic E-state index is 0.0718. The molecule has 0 spiro atoms. The van der Waals surface area contributed by atoms with Crippen molar-refractivity contribution < 1.29 is 22.4 Å². The van der Waals surface area contributed by atoms with Gasteiger partial charge in [0, 0.05) is 11.1 Å². The van der Waals surface area contributed by atoms with E-state index in [-0.39, 0.29) is 10.6 Å². The molecule has 2 N–H and O–H groups in total. The van der Waals surface area contributed by atoms with Crippen LogP contribution < -0.4 is 10.9 Å². The third kappa shape index (κ3) is 5.41. The second-order valence-corrected chi connectivity index (χ2v) is 8.76. The normalized spacial score (nSPS) is 11.1. The number of nitrogens with one attached hydrogen (secondary N) is 2. The number of carbonyl (C=O) groups is 2. The van der Waals surface area contributed by atoms with E-state index in [2.05, 4.69) is 20.8 Å². The number of hydrogen-bond acceptors (Lipinski definition) is 6. The smallest absolute Gasteiger partial charge is 0.267 e. The van der Waals surface area contributed by atoms with Crippen LogP contribution in [0.25, 0.3) is 0 Å². The monoisotopic (exact) mass is 462 g/mol. The highest BCUT2D eigenvalue weighted by atomic mass is 35.5. The standard InChI is InChI=1S/C20H16ClFN4O4S/c1-12-6-8-13(9-7-12)18(27)25-26-19(28)17-15(21)10-23-20(24-17)31(29,30)11-14-4-2-3-5-16(14)22/h2-10H,11H2,1H3,(H,25,27)(H,26,28). The number of rotatable bonds is 5. The van der Waals surface area contributed by atoms with Crippen molar-refractivity contribution in [3.8, 4) is 0 Å². The van der Waals surface area contributed by atoms with Crippen molar-refractivity contribution in [3.05, 3.63) is 88.0 Å². The summed E-state index contributed by atoms with van der Waals surface area (Å²) in [6, 6.07) is 12.0. The van der Waals surface area contributed by atoms with E-state index in [9.17, 15) is 22.4 Å². The quantitative estimate of drug-likeness (QED) is 0.444. The average Bonchev–Trinajstić information content (AvgIpc) is 2.74. The highest BCUT2D eigenvalue weighted by molar-refractivity contribution is 7.90. The van der Waals surface area contributed by atoms with Crippen LogP contribution in [0.4, 0.5) is 4.39 Å². The number of hydrogen-bond donors (Lipinski definition) is 2. The van der Waals surface area contributed by atoms with Crippen molar-refractivity contribution in [1.29, 1.82) is 0 Å². The molecule has 1 heterocycles. The van der Waals surface area contributed by atoms with Crippen LogP contribution >= 0.6 is 11.6 Å². The summed E-state index contributed by atoms with van der Waals surface area (Å²) < 4.78 is 39.0. The maximum atomic E-state index is 13.8. The summed E-state index contributed by atoms with van der Waals surface area (Å²) in [6.45, 7) is 1.86. The van der Waals surface area contributed by atoms with Crippen molar-refractivity contribution in [2.75, 3.05) is 0 Å². The Bertz CT molecular complexity index is 1250. The minimum Gasteiger partial charge on any atom is -0.267 e. The van der Waals surface area contributed by atoms with Crippen molar-refractivity contribution in [2.24, 2.45) is 0 Å². The predicted octanol–water partition coefficient (Wildman–Crippen LogP) is 2.63. The van der Waals surface area contributed by atoms with Crippen LogP contribution in [0, 0.1) is 12.7 Å². The van der Waals surface area contributed by atoms with E-state index in [1.165, 1.54) is 18.2 Å². The molecule has 3 aromatic rings. The van der Waals surface area contributed by atoms with Gasteiger partial charge in [0.15, 0.2) is 5.69 Å². The van der Waals surface area contributed by atoms with E-state index >= 15 is 0 Å². The van der Waals surface area contributed by atoms with Gasteiger partial charge in [-0.1, -0.05) is 47.5 Å². The molecule has 0 aliphatic heterocycles. The fourth-order valence-corrected chi connectivity index (χ4v) is 3.89. The number of nitrogens with zero attached hydrogens (tertiary/aromatic N) is 2. The Kier molecular flexibility index (Phi) is 6.62. The van der Waals surface area contributed by atoms with Crippen LogP contribution in [0.15, 0.2) is 59.9 Å². The van der Waals surface area contributed by atoms with Crippen molar-refractivity contribution in [3.63, 3.8) is 0 Å². The van der Waals surface area contributed by atoms with Crippen LogP contribution in [-0.2, 0) is 15.6 Å². The first-order chi connectivity index (χ1) is 14.7. The summed E-state index contributed by atoms with van der Waals surface area (Å²) >= 11 is 5.92. The fraction of sp³-hybridized carbons (Fsp3) is 0.100. The fourth-order valence-electron chi connectivity index (χ4n) is 2.49. The van der Waals surface area contributed by atoms with E-state index in [0.29, 0.717) is 5.56 Å². The third-order valence-corrected chi connectivity index (χ3v) is 5.84. The van der Waals surface area contributed by atoms with Crippen LogP contribution in [-0.4, -0.2) is 30.2 Å². The summed E-state index contributed by atoms with van der Waals surface area (Å²) in [6.07, 6.45) is 0.944. The van der Waals surface area contributed by atoms with Gasteiger partial charge in [-0.25, -0.2) is 22.8 Å². The Labute approximate surface area is 182 Å². The van der Waals surface area contributed by atoms with Gasteiger partial charge in [0.25, 0.3) is 11.8 Å². The summed E-state index contributed by atoms with van der Waals surface area (Å²) in [5, 5.41) is -0.929. The molecular formula is C20H16ClFN4O4S. The SMILES string of the molecule is Cc1ccc(C(=O)NNC(=O)c2nc(S(=O)(=O)Cc3ccccc3F)ncc2Cl)cc1. The maximum Gasteiger partial charge on any atom is 0.290 e. The molecule has 2 aromatic carbocycles. The Morgan fingerprint density at radius 2 is 1.68 bits per heavy atom. The lowest BCUT2D eigenvalue weighted by Gasteiger charge is -2.09. The Morgan fingerprint density at radius 1 is 1.03 bits per heavy atom. The molecule has 0 aliphatic rings. The second kappa shape index (κ2) is 9.19. The van der Waals surface area contributed by atoms with Gasteiger partial charge in [0.2, 0.25) is 15.0 Å². The summed E-state index contributed by atoms with van der Waals surface area (Å²) in [5.41, 5.74) is 5.03. The van der Waals surface area contributed by atoms with Crippen LogP contribution in [0.5, 0.6) is 0 Å². The Balaban J connectivity index is 1.77. The first-order valence-electron chi connectivity index (χ1n) is 8.83. The molecule has 2 amide bonds. The molecule has 0 saturated heterocycles. The van der Waals surface area contributed by atoms with Crippen molar-refractivity contribution in [1.82, 2.24) is 20.8 Å². The molecule has 160 valence electrons. The number of benzene rings is 2. The zero-order valence-corrected chi connectivity index (χ0v) is 17.7. The molecule has 3 rings (SSSR count). The van der Waals surface area contributed by atoms with Crippen LogP contribution in [0.2, 0.25) is 5.02 Å². The van der Waals surface area contributed by atoms with E-state index < -0.39 is 44.1 Å². The molecule has 0 radical (unpaired) electrons. The number of halogens is 2. The molecule has 0 atom stereocenters. The lowest BCUT2D eigenvalue weighted by Crippen LogP contribution is -2.42. The van der Waals surface area contributed by atoms with Crippen LogP contribution in [0.3, 0.4) is 0 Å². The maximum absolute atomic E-state index is 13.8. The zero-order valence-electron chi connectivity index (χ0n) is 16.1. The van der Waals surface area contributed by atoms with Crippen molar-refractivity contribution in [2.45, 2.75) is 17.8 Å². The number of amides is 2. The lowest BCUT2D eigenvalue weighted by molar-refractivity contribution is 0.0843. The molecular weight excluding hydrogens is 447 g/mol. The van der Waals surface area contributed by atoms with Gasteiger partial charge in [0.1, 0.15) is 5.82 Å². The molecule has 0 unspecified atom stereocenters. The summed E-state index contributed by atoms with van der Waals surface area (Å²) in [4.78, 5) is 31.9. The number of hydrazine groups is 1. The van der Waals surface area contributed by atoms with Gasteiger partial charge in [-0.2, -0.15) is 0 Å². The number of aryl methyl sites for hydroxylation is 1. The van der Waals surface area contributed by atoms with Gasteiger partial charge in [0.05, 0.1) is 17.0 Å². The minimum atomic E-state index is -4.18. The first-order valence-corrected chi connectivity index (χ1v) is 10.9. The largest absolute Gasteiger partial charge is 0.290 e. The van der Waals surface area contributed by atoms with Gasteiger partial charge in [-0.3, -0.25) is 20.4 Å². The molecule has 8 nitrogen and oxygen atoms in total. The van der Waals surface area contributed by atoms with E-state index in [1.807, 2.05) is 6.92 Å². The van der Waals surface area contributed by atoms with E-state index in [1.54, 1.807) is 24.3 Å². The molecule has 0 bridgehead atoms. The molecule has 1 aromatic heterocycles. The second-order valence-electron chi connectivity index (χ2n) is 6.47. The average molecular weight is 463 g/mol.